The Hall–Kier alpha value is -0.763. The van der Waals surface area contributed by atoms with Gasteiger partial charge in [-0.15, -0.1) is 0 Å². The summed E-state index contributed by atoms with van der Waals surface area (Å²) in [5, 5.41) is 0.984. The van der Waals surface area contributed by atoms with Gasteiger partial charge in [0, 0.05) is 0 Å². The molecule has 0 amide bonds. The molecule has 0 N–H and O–H groups in total. The van der Waals surface area contributed by atoms with Gasteiger partial charge in [-0.3, -0.25) is 0 Å². The molecule has 0 aliphatic carbocycles. The van der Waals surface area contributed by atoms with Crippen LogP contribution in [0.5, 0.6) is 0 Å². The molecule has 0 bridgehead atoms. The van der Waals surface area contributed by atoms with E-state index in [0.29, 0.717) is 0 Å². The van der Waals surface area contributed by atoms with Gasteiger partial charge < -0.3 is 4.46 Å². The Morgan fingerprint density at radius 1 is 1.33 bits per heavy atom. The first-order valence-electron chi connectivity index (χ1n) is 2.85. The number of benzene rings is 1. The van der Waals surface area contributed by atoms with Crippen LogP contribution in [-0.4, -0.2) is 9.41 Å². The van der Waals surface area contributed by atoms with Crippen LogP contribution in [0.1, 0.15) is 5.56 Å². The molecule has 0 unspecified atom stereocenters. The summed E-state index contributed by atoms with van der Waals surface area (Å²) in [5.74, 6) is 0. The van der Waals surface area contributed by atoms with Gasteiger partial charge in [0.25, 0.3) is 9.41 Å². The molecule has 0 spiro atoms. The van der Waals surface area contributed by atoms with Crippen LogP contribution in [0.3, 0.4) is 0 Å². The highest BCUT2D eigenvalue weighted by atomic mass is 28.2. The summed E-state index contributed by atoms with van der Waals surface area (Å²) < 4.78 is 10.4. The lowest BCUT2D eigenvalue weighted by atomic mass is 10.2. The Kier molecular flexibility index (Phi) is 1.90. The molecule has 1 aromatic rings. The molecule has 0 aromatic heterocycles. The second-order valence-corrected chi connectivity index (χ2v) is 2.83. The first-order valence-corrected chi connectivity index (χ1v) is 3.90. The number of aryl methyl sites for hydroxylation is 1. The Bertz CT molecular complexity index is 220. The third-order valence-corrected chi connectivity index (χ3v) is 2.22. The smallest absolute Gasteiger partial charge is 0.296 e. The van der Waals surface area contributed by atoms with Gasteiger partial charge >= 0.3 is 0 Å². The van der Waals surface area contributed by atoms with Gasteiger partial charge in [0.2, 0.25) is 0 Å². The Balaban J connectivity index is 3.15. The molecule has 9 heavy (non-hydrogen) atoms. The average molecular weight is 136 g/mol. The van der Waals surface area contributed by atoms with Crippen LogP contribution >= 0.6 is 0 Å². The predicted octanol–water partition coefficient (Wildman–Crippen LogP) is 0.402. The van der Waals surface area contributed by atoms with Gasteiger partial charge in [0.15, 0.2) is 0 Å². The maximum atomic E-state index is 10.4. The normalized spacial score (nSPS) is 9.00. The summed E-state index contributed by atoms with van der Waals surface area (Å²) in [4.78, 5) is 0. The van der Waals surface area contributed by atoms with Crippen molar-refractivity contribution in [3.8, 4) is 0 Å². The average Bonchev–Trinajstić information content (AvgIpc) is 1.89. The molecular formula is C7H8OSi. The van der Waals surface area contributed by atoms with E-state index in [0.717, 1.165) is 10.8 Å². The summed E-state index contributed by atoms with van der Waals surface area (Å²) in [6, 6.07) is 7.74. The standard InChI is InChI=1S/C7H8OSi/c1-6-4-2-3-5-7(6)9-8/h2-5,9H,1H3. The Morgan fingerprint density at radius 2 is 2.00 bits per heavy atom. The van der Waals surface area contributed by atoms with E-state index in [9.17, 15) is 4.46 Å². The van der Waals surface area contributed by atoms with Crippen LogP contribution in [-0.2, 0) is 4.46 Å². The van der Waals surface area contributed by atoms with Gasteiger partial charge in [0.1, 0.15) is 0 Å². The summed E-state index contributed by atoms with van der Waals surface area (Å²) in [6.07, 6.45) is 0. The van der Waals surface area contributed by atoms with Crippen LogP contribution in [0.25, 0.3) is 0 Å². The topological polar surface area (TPSA) is 17.1 Å². The fourth-order valence-corrected chi connectivity index (χ4v) is 1.19. The van der Waals surface area contributed by atoms with Crippen molar-refractivity contribution in [3.05, 3.63) is 29.8 Å². The first-order chi connectivity index (χ1) is 4.34. The highest BCUT2D eigenvalue weighted by molar-refractivity contribution is 6.39. The van der Waals surface area contributed by atoms with E-state index < -0.39 is 9.41 Å². The lowest BCUT2D eigenvalue weighted by molar-refractivity contribution is 0.583. The first kappa shape index (κ1) is 6.36. The minimum atomic E-state index is -0.754. The van der Waals surface area contributed by atoms with Crippen molar-refractivity contribution in [3.63, 3.8) is 0 Å². The molecule has 1 rings (SSSR count). The fourth-order valence-electron chi connectivity index (χ4n) is 0.719. The minimum absolute atomic E-state index is 0.754. The van der Waals surface area contributed by atoms with Gasteiger partial charge in [-0.25, -0.2) is 0 Å². The molecule has 1 aromatic carbocycles. The molecule has 0 aliphatic heterocycles. The van der Waals surface area contributed by atoms with Crippen LogP contribution < -0.4 is 5.19 Å². The van der Waals surface area contributed by atoms with Crippen molar-refractivity contribution in [1.29, 1.82) is 0 Å². The number of rotatable bonds is 1. The zero-order valence-electron chi connectivity index (χ0n) is 5.29. The summed E-state index contributed by atoms with van der Waals surface area (Å²) >= 11 is 0. The molecule has 0 atom stereocenters. The largest absolute Gasteiger partial charge is 0.386 e. The second kappa shape index (κ2) is 2.69. The highest BCUT2D eigenvalue weighted by Crippen LogP contribution is 1.89. The lowest BCUT2D eigenvalue weighted by Gasteiger charge is -1.92. The van der Waals surface area contributed by atoms with E-state index in [2.05, 4.69) is 0 Å². The van der Waals surface area contributed by atoms with Crippen LogP contribution in [0, 0.1) is 6.92 Å². The maximum absolute atomic E-state index is 10.4. The van der Waals surface area contributed by atoms with Crippen molar-refractivity contribution in [2.24, 2.45) is 0 Å². The molecule has 46 valence electrons. The molecule has 0 saturated carbocycles. The van der Waals surface area contributed by atoms with Crippen LogP contribution in [0.15, 0.2) is 24.3 Å². The van der Waals surface area contributed by atoms with Crippen LogP contribution in [0.4, 0.5) is 0 Å². The summed E-state index contributed by atoms with van der Waals surface area (Å²) in [6.45, 7) is 1.97. The van der Waals surface area contributed by atoms with Gasteiger partial charge in [0.05, 0.1) is 0 Å². The van der Waals surface area contributed by atoms with Crippen LogP contribution in [0.2, 0.25) is 0 Å². The molecule has 2 heteroatoms. The van der Waals surface area contributed by atoms with Gasteiger partial charge in [-0.05, 0) is 17.7 Å². The SMILES string of the molecule is Cc1ccccc1[SiH]=O. The van der Waals surface area contributed by atoms with Crippen molar-refractivity contribution in [2.75, 3.05) is 0 Å². The monoisotopic (exact) mass is 136 g/mol. The van der Waals surface area contributed by atoms with E-state index in [1.165, 1.54) is 0 Å². The Morgan fingerprint density at radius 3 is 2.44 bits per heavy atom. The highest BCUT2D eigenvalue weighted by Gasteiger charge is 1.91. The minimum Gasteiger partial charge on any atom is -0.386 e. The van der Waals surface area contributed by atoms with Gasteiger partial charge in [-0.1, -0.05) is 24.3 Å². The summed E-state index contributed by atoms with van der Waals surface area (Å²) in [5.41, 5.74) is 1.13. The van der Waals surface area contributed by atoms with Crippen molar-refractivity contribution in [2.45, 2.75) is 6.92 Å². The third-order valence-electron chi connectivity index (χ3n) is 1.32. The molecular weight excluding hydrogens is 128 g/mol. The second-order valence-electron chi connectivity index (χ2n) is 1.97. The Labute approximate surface area is 56.6 Å². The maximum Gasteiger partial charge on any atom is 0.296 e. The molecule has 1 nitrogen and oxygen atoms in total. The van der Waals surface area contributed by atoms with Crippen molar-refractivity contribution < 1.29 is 4.46 Å². The predicted molar refractivity (Wildman–Crippen MR) is 38.6 cm³/mol. The molecule has 0 heterocycles. The van der Waals surface area contributed by atoms with Crippen molar-refractivity contribution in [1.82, 2.24) is 0 Å². The van der Waals surface area contributed by atoms with Crippen molar-refractivity contribution >= 4 is 14.6 Å². The van der Waals surface area contributed by atoms with E-state index in [1.807, 2.05) is 31.2 Å². The van der Waals surface area contributed by atoms with Gasteiger partial charge in [-0.2, -0.15) is 0 Å². The van der Waals surface area contributed by atoms with E-state index in [4.69, 9.17) is 0 Å². The molecule has 0 aliphatic rings. The fraction of sp³-hybridized carbons (Fsp3) is 0.143. The van der Waals surface area contributed by atoms with E-state index >= 15 is 0 Å². The number of hydrogen-bond donors (Lipinski definition) is 0. The molecule has 0 saturated heterocycles. The zero-order chi connectivity index (χ0) is 6.69. The number of hydrogen-bond acceptors (Lipinski definition) is 1. The zero-order valence-corrected chi connectivity index (χ0v) is 6.45. The lowest BCUT2D eigenvalue weighted by Crippen LogP contribution is -2.08. The third kappa shape index (κ3) is 1.33. The quantitative estimate of drug-likeness (QED) is 0.511. The van der Waals surface area contributed by atoms with E-state index in [1.54, 1.807) is 0 Å². The molecule has 0 radical (unpaired) electrons. The van der Waals surface area contributed by atoms with E-state index in [-0.39, 0.29) is 0 Å². The summed E-state index contributed by atoms with van der Waals surface area (Å²) in [7, 11) is -0.754. The molecule has 0 fully saturated rings.